The summed E-state index contributed by atoms with van der Waals surface area (Å²) < 4.78 is 13.2. The third kappa shape index (κ3) is 1.91. The Morgan fingerprint density at radius 2 is 2.07 bits per heavy atom. The van der Waals surface area contributed by atoms with E-state index in [4.69, 9.17) is 5.11 Å². The molecule has 1 aliphatic heterocycles. The monoisotopic (exact) mass is 210 g/mol. The summed E-state index contributed by atoms with van der Waals surface area (Å²) in [5.41, 5.74) is -0.377. The summed E-state index contributed by atoms with van der Waals surface area (Å²) in [6, 6.07) is 2.82. The molecule has 80 valence electrons. The summed E-state index contributed by atoms with van der Waals surface area (Å²) in [6.07, 6.45) is 2.15. The van der Waals surface area contributed by atoms with Crippen LogP contribution in [0, 0.1) is 5.95 Å². The summed E-state index contributed by atoms with van der Waals surface area (Å²) in [5.74, 6) is -1.67. The topological polar surface area (TPSA) is 53.4 Å². The van der Waals surface area contributed by atoms with E-state index in [1.165, 1.54) is 6.07 Å². The zero-order valence-corrected chi connectivity index (χ0v) is 8.11. The highest BCUT2D eigenvalue weighted by Gasteiger charge is 2.17. The highest BCUT2D eigenvalue weighted by molar-refractivity contribution is 5.87. The fourth-order valence-electron chi connectivity index (χ4n) is 1.71. The maximum atomic E-state index is 13.2. The highest BCUT2D eigenvalue weighted by Crippen LogP contribution is 2.19. The van der Waals surface area contributed by atoms with E-state index in [-0.39, 0.29) is 5.56 Å². The molecule has 1 N–H and O–H groups in total. The van der Waals surface area contributed by atoms with E-state index in [9.17, 15) is 9.18 Å². The lowest BCUT2D eigenvalue weighted by molar-refractivity contribution is 0.0691. The van der Waals surface area contributed by atoms with Crippen LogP contribution in [0.4, 0.5) is 10.2 Å². The first kappa shape index (κ1) is 9.89. The van der Waals surface area contributed by atoms with Crippen LogP contribution in [-0.4, -0.2) is 29.1 Å². The third-order valence-electron chi connectivity index (χ3n) is 2.49. The van der Waals surface area contributed by atoms with Gasteiger partial charge in [-0.25, -0.2) is 9.78 Å². The Bertz CT molecular complexity index is 389. The van der Waals surface area contributed by atoms with Crippen molar-refractivity contribution in [2.45, 2.75) is 12.8 Å². The molecule has 1 aromatic heterocycles. The van der Waals surface area contributed by atoms with E-state index in [0.29, 0.717) is 5.82 Å². The van der Waals surface area contributed by atoms with Crippen LogP contribution in [0.1, 0.15) is 23.2 Å². The minimum absolute atomic E-state index is 0.377. The summed E-state index contributed by atoms with van der Waals surface area (Å²) in [7, 11) is 0. The van der Waals surface area contributed by atoms with Gasteiger partial charge in [-0.2, -0.15) is 4.39 Å². The Labute approximate surface area is 86.4 Å². The zero-order valence-electron chi connectivity index (χ0n) is 8.11. The molecule has 5 heteroatoms. The fourth-order valence-corrected chi connectivity index (χ4v) is 1.71. The van der Waals surface area contributed by atoms with Crippen LogP contribution in [0.25, 0.3) is 0 Å². The Morgan fingerprint density at radius 1 is 1.40 bits per heavy atom. The number of halogens is 1. The van der Waals surface area contributed by atoms with Gasteiger partial charge in [0.05, 0.1) is 0 Å². The van der Waals surface area contributed by atoms with Crippen molar-refractivity contribution in [1.82, 2.24) is 4.98 Å². The zero-order chi connectivity index (χ0) is 10.8. The lowest BCUT2D eigenvalue weighted by Crippen LogP contribution is -2.20. The number of nitrogens with zero attached hydrogens (tertiary/aromatic N) is 2. The van der Waals surface area contributed by atoms with Crippen LogP contribution < -0.4 is 4.90 Å². The van der Waals surface area contributed by atoms with Crippen molar-refractivity contribution in [2.24, 2.45) is 0 Å². The largest absolute Gasteiger partial charge is 0.478 e. The summed E-state index contributed by atoms with van der Waals surface area (Å²) in [5, 5.41) is 8.63. The highest BCUT2D eigenvalue weighted by atomic mass is 19.1. The second-order valence-electron chi connectivity index (χ2n) is 3.51. The van der Waals surface area contributed by atoms with E-state index < -0.39 is 11.9 Å². The van der Waals surface area contributed by atoms with Crippen LogP contribution in [0.3, 0.4) is 0 Å². The molecule has 0 aliphatic carbocycles. The van der Waals surface area contributed by atoms with E-state index in [0.717, 1.165) is 25.9 Å². The number of carbonyl (C=O) groups is 1. The quantitative estimate of drug-likeness (QED) is 0.752. The van der Waals surface area contributed by atoms with Crippen LogP contribution in [0.15, 0.2) is 12.1 Å². The molecule has 15 heavy (non-hydrogen) atoms. The Balaban J connectivity index is 2.28. The number of hydrogen-bond donors (Lipinski definition) is 1. The van der Waals surface area contributed by atoms with Crippen molar-refractivity contribution in [3.8, 4) is 0 Å². The minimum Gasteiger partial charge on any atom is -0.478 e. The molecule has 1 fully saturated rings. The molecular formula is C10H11FN2O2. The molecular weight excluding hydrogens is 199 g/mol. The number of hydrogen-bond acceptors (Lipinski definition) is 3. The van der Waals surface area contributed by atoms with Gasteiger partial charge in [-0.3, -0.25) is 0 Å². The summed E-state index contributed by atoms with van der Waals surface area (Å²) >= 11 is 0. The summed E-state index contributed by atoms with van der Waals surface area (Å²) in [4.78, 5) is 16.2. The molecule has 0 aromatic carbocycles. The number of anilines is 1. The Hall–Kier alpha value is -1.65. The van der Waals surface area contributed by atoms with Crippen molar-refractivity contribution in [3.63, 3.8) is 0 Å². The molecule has 0 saturated carbocycles. The molecule has 4 nitrogen and oxygen atoms in total. The lowest BCUT2D eigenvalue weighted by atomic mass is 10.3. The first-order valence-electron chi connectivity index (χ1n) is 4.83. The van der Waals surface area contributed by atoms with Crippen LogP contribution in [0.5, 0.6) is 0 Å². The lowest BCUT2D eigenvalue weighted by Gasteiger charge is -2.16. The van der Waals surface area contributed by atoms with E-state index in [1.807, 2.05) is 4.90 Å². The number of rotatable bonds is 2. The number of aromatic carboxylic acids is 1. The molecule has 0 amide bonds. The number of carboxylic acids is 1. The standard InChI is InChI=1S/C10H11FN2O2/c11-9-7(10(14)15)3-4-8(12-9)13-5-1-2-6-13/h3-4H,1-2,5-6H2,(H,14,15). The molecule has 0 spiro atoms. The maximum absolute atomic E-state index is 13.2. The summed E-state index contributed by atoms with van der Waals surface area (Å²) in [6.45, 7) is 1.72. The normalized spacial score (nSPS) is 15.7. The van der Waals surface area contributed by atoms with E-state index >= 15 is 0 Å². The van der Waals surface area contributed by atoms with Crippen molar-refractivity contribution >= 4 is 11.8 Å². The predicted molar refractivity (Wildman–Crippen MR) is 52.6 cm³/mol. The first-order chi connectivity index (χ1) is 7.18. The van der Waals surface area contributed by atoms with Gasteiger partial charge in [0.2, 0.25) is 5.95 Å². The molecule has 0 unspecified atom stereocenters. The smallest absolute Gasteiger partial charge is 0.340 e. The van der Waals surface area contributed by atoms with Gasteiger partial charge in [-0.1, -0.05) is 0 Å². The second kappa shape index (κ2) is 3.84. The average molecular weight is 210 g/mol. The van der Waals surface area contributed by atoms with Crippen LogP contribution in [-0.2, 0) is 0 Å². The van der Waals surface area contributed by atoms with Gasteiger partial charge in [-0.15, -0.1) is 0 Å². The van der Waals surface area contributed by atoms with Gasteiger partial charge >= 0.3 is 5.97 Å². The van der Waals surface area contributed by atoms with Gasteiger partial charge < -0.3 is 10.0 Å². The average Bonchev–Trinajstić information content (AvgIpc) is 2.69. The van der Waals surface area contributed by atoms with Crippen molar-refractivity contribution in [3.05, 3.63) is 23.6 Å². The molecule has 2 heterocycles. The molecule has 0 radical (unpaired) electrons. The Kier molecular flexibility index (Phi) is 2.53. The third-order valence-corrected chi connectivity index (χ3v) is 2.49. The van der Waals surface area contributed by atoms with Crippen molar-refractivity contribution < 1.29 is 14.3 Å². The van der Waals surface area contributed by atoms with Gasteiger partial charge in [0, 0.05) is 13.1 Å². The fraction of sp³-hybridized carbons (Fsp3) is 0.400. The molecule has 1 aromatic rings. The molecule has 0 atom stereocenters. The molecule has 1 saturated heterocycles. The molecule has 0 bridgehead atoms. The van der Waals surface area contributed by atoms with Gasteiger partial charge in [0.25, 0.3) is 0 Å². The SMILES string of the molecule is O=C(O)c1ccc(N2CCCC2)nc1F. The number of pyridine rings is 1. The maximum Gasteiger partial charge on any atom is 0.340 e. The van der Waals surface area contributed by atoms with Crippen LogP contribution >= 0.6 is 0 Å². The number of carboxylic acid groups (broad SMARTS) is 1. The molecule has 1 aliphatic rings. The predicted octanol–water partition coefficient (Wildman–Crippen LogP) is 1.52. The van der Waals surface area contributed by atoms with E-state index in [1.54, 1.807) is 6.07 Å². The van der Waals surface area contributed by atoms with Crippen LogP contribution in [0.2, 0.25) is 0 Å². The minimum atomic E-state index is -1.28. The van der Waals surface area contributed by atoms with Gasteiger partial charge in [-0.05, 0) is 25.0 Å². The van der Waals surface area contributed by atoms with Crippen molar-refractivity contribution in [1.29, 1.82) is 0 Å². The van der Waals surface area contributed by atoms with Gasteiger partial charge in [0.15, 0.2) is 0 Å². The molecule has 2 rings (SSSR count). The second-order valence-corrected chi connectivity index (χ2v) is 3.51. The first-order valence-corrected chi connectivity index (χ1v) is 4.83. The Morgan fingerprint density at radius 3 is 2.60 bits per heavy atom. The van der Waals surface area contributed by atoms with Crippen molar-refractivity contribution in [2.75, 3.05) is 18.0 Å². The van der Waals surface area contributed by atoms with Gasteiger partial charge in [0.1, 0.15) is 11.4 Å². The van der Waals surface area contributed by atoms with E-state index in [2.05, 4.69) is 4.98 Å². The number of aromatic nitrogens is 1.